The molecule has 3 rings (SSSR count). The average Bonchev–Trinajstić information content (AvgIpc) is 3.12. The van der Waals surface area contributed by atoms with Crippen molar-refractivity contribution in [3.63, 3.8) is 0 Å². The van der Waals surface area contributed by atoms with E-state index in [0.29, 0.717) is 12.3 Å². The first kappa shape index (κ1) is 17.4. The SMILES string of the molecule is O=C1NC(=S)N(CCC2=CCCCC2)C(=O)C1=CC=Cc1ccco1. The highest BCUT2D eigenvalue weighted by Crippen LogP contribution is 2.21. The fourth-order valence-electron chi connectivity index (χ4n) is 2.93. The molecule has 1 aromatic rings. The minimum absolute atomic E-state index is 0.0778. The Balaban J connectivity index is 1.69. The van der Waals surface area contributed by atoms with Crippen LogP contribution in [0.2, 0.25) is 0 Å². The van der Waals surface area contributed by atoms with Gasteiger partial charge in [-0.1, -0.05) is 17.7 Å². The summed E-state index contributed by atoms with van der Waals surface area (Å²) >= 11 is 5.17. The van der Waals surface area contributed by atoms with E-state index in [4.69, 9.17) is 16.6 Å². The van der Waals surface area contributed by atoms with E-state index in [9.17, 15) is 9.59 Å². The third kappa shape index (κ3) is 4.33. The van der Waals surface area contributed by atoms with E-state index in [1.807, 2.05) is 0 Å². The van der Waals surface area contributed by atoms with Gasteiger partial charge in [0.2, 0.25) is 0 Å². The summed E-state index contributed by atoms with van der Waals surface area (Å²) in [5.41, 5.74) is 1.44. The molecule has 0 radical (unpaired) electrons. The molecule has 1 N–H and O–H groups in total. The minimum Gasteiger partial charge on any atom is -0.465 e. The number of nitrogens with one attached hydrogen (secondary N) is 1. The Morgan fingerprint density at radius 2 is 2.20 bits per heavy atom. The number of nitrogens with zero attached hydrogens (tertiary/aromatic N) is 1. The van der Waals surface area contributed by atoms with Crippen LogP contribution in [-0.2, 0) is 9.59 Å². The van der Waals surface area contributed by atoms with Crippen molar-refractivity contribution in [2.24, 2.45) is 0 Å². The van der Waals surface area contributed by atoms with Crippen molar-refractivity contribution in [2.45, 2.75) is 32.1 Å². The molecular formula is C19H20N2O3S. The number of allylic oxidation sites excluding steroid dienone is 3. The van der Waals surface area contributed by atoms with Crippen molar-refractivity contribution in [3.05, 3.63) is 53.5 Å². The highest BCUT2D eigenvalue weighted by Gasteiger charge is 2.32. The van der Waals surface area contributed by atoms with Gasteiger partial charge >= 0.3 is 0 Å². The van der Waals surface area contributed by atoms with Crippen LogP contribution in [0.4, 0.5) is 0 Å². The van der Waals surface area contributed by atoms with Gasteiger partial charge in [0, 0.05) is 6.54 Å². The number of carbonyl (C=O) groups is 2. The lowest BCUT2D eigenvalue weighted by atomic mass is 9.97. The first-order valence-electron chi connectivity index (χ1n) is 8.42. The molecule has 1 aliphatic heterocycles. The van der Waals surface area contributed by atoms with Gasteiger partial charge in [-0.3, -0.25) is 19.8 Å². The first-order chi connectivity index (χ1) is 12.1. The van der Waals surface area contributed by atoms with Crippen LogP contribution in [0.1, 0.15) is 37.9 Å². The van der Waals surface area contributed by atoms with Crippen LogP contribution in [0.15, 0.2) is 52.2 Å². The van der Waals surface area contributed by atoms with Gasteiger partial charge < -0.3 is 4.42 Å². The second-order valence-electron chi connectivity index (χ2n) is 6.03. The molecule has 1 aromatic heterocycles. The molecule has 5 nitrogen and oxygen atoms in total. The van der Waals surface area contributed by atoms with E-state index in [2.05, 4.69) is 11.4 Å². The van der Waals surface area contributed by atoms with Gasteiger partial charge in [0.25, 0.3) is 11.8 Å². The van der Waals surface area contributed by atoms with Crippen molar-refractivity contribution < 1.29 is 14.0 Å². The average molecular weight is 356 g/mol. The van der Waals surface area contributed by atoms with Crippen molar-refractivity contribution >= 4 is 35.2 Å². The molecule has 0 bridgehead atoms. The molecule has 0 aromatic carbocycles. The quantitative estimate of drug-likeness (QED) is 0.380. The van der Waals surface area contributed by atoms with Gasteiger partial charge in [0.15, 0.2) is 5.11 Å². The Hall–Kier alpha value is -2.47. The topological polar surface area (TPSA) is 62.6 Å². The fraction of sp³-hybridized carbons (Fsp3) is 0.316. The van der Waals surface area contributed by atoms with Crippen LogP contribution < -0.4 is 5.32 Å². The molecule has 2 heterocycles. The van der Waals surface area contributed by atoms with E-state index in [1.165, 1.54) is 29.4 Å². The first-order valence-corrected chi connectivity index (χ1v) is 8.83. The molecule has 2 aliphatic rings. The summed E-state index contributed by atoms with van der Waals surface area (Å²) in [4.78, 5) is 26.2. The standard InChI is InChI=1S/C19H20N2O3S/c22-17-16(10-4-8-15-9-5-13-24-15)18(23)21(19(25)20-17)12-11-14-6-2-1-3-7-14/h4-6,8-10,13H,1-3,7,11-12H2,(H,20,22,25). The van der Waals surface area contributed by atoms with Crippen molar-refractivity contribution in [1.29, 1.82) is 0 Å². The van der Waals surface area contributed by atoms with Crippen LogP contribution in [0.25, 0.3) is 6.08 Å². The van der Waals surface area contributed by atoms with Crippen LogP contribution in [-0.4, -0.2) is 28.4 Å². The zero-order chi connectivity index (χ0) is 17.6. The number of hydrogen-bond donors (Lipinski definition) is 1. The van der Waals surface area contributed by atoms with E-state index >= 15 is 0 Å². The second kappa shape index (κ2) is 8.07. The molecule has 1 saturated heterocycles. The number of carbonyl (C=O) groups excluding carboxylic acids is 2. The molecule has 0 unspecified atom stereocenters. The third-order valence-electron chi connectivity index (χ3n) is 4.29. The Morgan fingerprint density at radius 3 is 2.92 bits per heavy atom. The van der Waals surface area contributed by atoms with Gasteiger partial charge in [-0.2, -0.15) is 0 Å². The van der Waals surface area contributed by atoms with Crippen molar-refractivity contribution in [3.8, 4) is 0 Å². The number of furan rings is 1. The van der Waals surface area contributed by atoms with E-state index in [1.54, 1.807) is 30.5 Å². The molecule has 0 spiro atoms. The number of hydrogen-bond acceptors (Lipinski definition) is 4. The monoisotopic (exact) mass is 356 g/mol. The second-order valence-corrected chi connectivity index (χ2v) is 6.42. The van der Waals surface area contributed by atoms with Crippen molar-refractivity contribution in [1.82, 2.24) is 10.2 Å². The van der Waals surface area contributed by atoms with Crippen LogP contribution in [0.3, 0.4) is 0 Å². The number of thiocarbonyl (C=S) groups is 1. The maximum atomic E-state index is 12.6. The largest absolute Gasteiger partial charge is 0.465 e. The predicted molar refractivity (Wildman–Crippen MR) is 99.4 cm³/mol. The van der Waals surface area contributed by atoms with Gasteiger partial charge in [-0.15, -0.1) is 0 Å². The molecule has 6 heteroatoms. The Morgan fingerprint density at radius 1 is 1.32 bits per heavy atom. The Kier molecular flexibility index (Phi) is 5.60. The molecule has 1 aliphatic carbocycles. The van der Waals surface area contributed by atoms with Gasteiger partial charge in [0.1, 0.15) is 11.3 Å². The molecule has 25 heavy (non-hydrogen) atoms. The molecule has 130 valence electrons. The summed E-state index contributed by atoms with van der Waals surface area (Å²) in [5.74, 6) is -0.168. The van der Waals surface area contributed by atoms with Crippen LogP contribution in [0.5, 0.6) is 0 Å². The van der Waals surface area contributed by atoms with Gasteiger partial charge in [0.05, 0.1) is 6.26 Å². The predicted octanol–water partition coefficient (Wildman–Crippen LogP) is 3.35. The highest BCUT2D eigenvalue weighted by molar-refractivity contribution is 7.80. The van der Waals surface area contributed by atoms with Crippen molar-refractivity contribution in [2.75, 3.05) is 6.54 Å². The summed E-state index contributed by atoms with van der Waals surface area (Å²) < 4.78 is 5.18. The number of rotatable bonds is 5. The molecule has 1 fully saturated rings. The summed E-state index contributed by atoms with van der Waals surface area (Å²) in [6, 6.07) is 3.56. The maximum Gasteiger partial charge on any atom is 0.265 e. The summed E-state index contributed by atoms with van der Waals surface area (Å²) in [6.45, 7) is 0.489. The molecule has 2 amide bonds. The maximum absolute atomic E-state index is 12.6. The molecule has 0 saturated carbocycles. The highest BCUT2D eigenvalue weighted by atomic mass is 32.1. The summed E-state index contributed by atoms with van der Waals surface area (Å²) in [7, 11) is 0. The summed E-state index contributed by atoms with van der Waals surface area (Å²) in [5, 5.41) is 2.77. The van der Waals surface area contributed by atoms with Crippen LogP contribution >= 0.6 is 12.2 Å². The lowest BCUT2D eigenvalue weighted by Crippen LogP contribution is -2.54. The summed E-state index contributed by atoms with van der Waals surface area (Å²) in [6.07, 6.45) is 14.0. The normalized spacial score (nSPS) is 20.3. The smallest absolute Gasteiger partial charge is 0.265 e. The number of amides is 2. The van der Waals surface area contributed by atoms with Gasteiger partial charge in [-0.25, -0.2) is 0 Å². The fourth-order valence-corrected chi connectivity index (χ4v) is 3.20. The van der Waals surface area contributed by atoms with Gasteiger partial charge in [-0.05, 0) is 68.6 Å². The Labute approximate surface area is 152 Å². The lowest BCUT2D eigenvalue weighted by molar-refractivity contribution is -0.129. The molecule has 0 atom stereocenters. The van der Waals surface area contributed by atoms with E-state index in [0.717, 1.165) is 19.3 Å². The van der Waals surface area contributed by atoms with Crippen LogP contribution in [0, 0.1) is 0 Å². The Bertz CT molecular complexity index is 760. The third-order valence-corrected chi connectivity index (χ3v) is 4.62. The van der Waals surface area contributed by atoms with E-state index in [-0.39, 0.29) is 16.6 Å². The van der Waals surface area contributed by atoms with E-state index < -0.39 is 5.91 Å². The molecular weight excluding hydrogens is 336 g/mol. The minimum atomic E-state index is -0.466. The lowest BCUT2D eigenvalue weighted by Gasteiger charge is -2.29. The zero-order valence-corrected chi connectivity index (χ0v) is 14.7. The zero-order valence-electron chi connectivity index (χ0n) is 13.9.